The standard InChI is InChI=1S/C10H6F7N5O/c11-7(8(12,13)10(16,17)9(7,14)15)6(23)22-21-5(18)4-3-19-1-2-20-4/h1-3H,(H2,18,21)(H,22,23). The van der Waals surface area contributed by atoms with E-state index < -0.39 is 35.2 Å². The number of carbonyl (C=O) groups is 1. The van der Waals surface area contributed by atoms with Crippen LogP contribution in [0.15, 0.2) is 23.7 Å². The number of carbonyl (C=O) groups excluding carboxylic acids is 1. The topological polar surface area (TPSA) is 93.3 Å². The normalized spacial score (nSPS) is 23.7. The molecule has 1 aromatic heterocycles. The van der Waals surface area contributed by atoms with Crippen molar-refractivity contribution in [3.8, 4) is 0 Å². The molecule has 0 atom stereocenters. The molecule has 1 heterocycles. The van der Waals surface area contributed by atoms with Gasteiger partial charge in [0.25, 0.3) is 5.91 Å². The third-order valence-corrected chi connectivity index (χ3v) is 3.07. The Labute approximate surface area is 122 Å². The molecule has 1 fully saturated rings. The van der Waals surface area contributed by atoms with Crippen LogP contribution in [0, 0.1) is 0 Å². The van der Waals surface area contributed by atoms with Crippen molar-refractivity contribution in [1.29, 1.82) is 0 Å². The third kappa shape index (κ3) is 1.88. The van der Waals surface area contributed by atoms with Crippen LogP contribution in [0.2, 0.25) is 0 Å². The molecule has 1 aliphatic rings. The zero-order chi connectivity index (χ0) is 17.7. The van der Waals surface area contributed by atoms with E-state index in [2.05, 4.69) is 15.1 Å². The van der Waals surface area contributed by atoms with Crippen molar-refractivity contribution in [2.45, 2.75) is 23.4 Å². The largest absolute Gasteiger partial charge is 0.380 e. The summed E-state index contributed by atoms with van der Waals surface area (Å²) in [6.45, 7) is 0. The molecule has 0 aromatic carbocycles. The second-order valence-corrected chi connectivity index (χ2v) is 4.41. The van der Waals surface area contributed by atoms with E-state index in [1.165, 1.54) is 6.20 Å². The number of hydrogen-bond acceptors (Lipinski definition) is 4. The smallest absolute Gasteiger partial charge is 0.380 e. The van der Waals surface area contributed by atoms with Crippen LogP contribution < -0.4 is 11.2 Å². The SMILES string of the molecule is N/C(=N\NC(=O)C1(F)C(F)(F)C(F)(F)C1(F)F)c1cnccn1. The molecular formula is C10H6F7N5O. The first-order chi connectivity index (χ1) is 10.4. The van der Waals surface area contributed by atoms with E-state index in [4.69, 9.17) is 5.73 Å². The molecule has 6 nitrogen and oxygen atoms in total. The average Bonchev–Trinajstić information content (AvgIpc) is 2.50. The lowest BCUT2D eigenvalue weighted by Crippen LogP contribution is -2.87. The Balaban J connectivity index is 2.25. The lowest BCUT2D eigenvalue weighted by molar-refractivity contribution is -0.458. The molecule has 1 saturated carbocycles. The van der Waals surface area contributed by atoms with Gasteiger partial charge in [-0.1, -0.05) is 0 Å². The first kappa shape index (κ1) is 16.9. The Morgan fingerprint density at radius 2 is 1.61 bits per heavy atom. The first-order valence-electron chi connectivity index (χ1n) is 5.63. The number of hydrogen-bond donors (Lipinski definition) is 2. The zero-order valence-electron chi connectivity index (χ0n) is 10.7. The predicted molar refractivity (Wildman–Crippen MR) is 59.6 cm³/mol. The first-order valence-corrected chi connectivity index (χ1v) is 5.63. The van der Waals surface area contributed by atoms with Gasteiger partial charge < -0.3 is 5.73 Å². The van der Waals surface area contributed by atoms with Gasteiger partial charge in [0.05, 0.1) is 6.20 Å². The molecule has 1 aliphatic carbocycles. The van der Waals surface area contributed by atoms with Crippen molar-refractivity contribution in [3.63, 3.8) is 0 Å². The van der Waals surface area contributed by atoms with Gasteiger partial charge in [-0.2, -0.15) is 31.4 Å². The number of alkyl halides is 7. The molecule has 2 rings (SSSR count). The second kappa shape index (κ2) is 4.76. The number of amides is 1. The predicted octanol–water partition coefficient (Wildman–Crippen LogP) is 0.841. The summed E-state index contributed by atoms with van der Waals surface area (Å²) in [4.78, 5) is 18.3. The monoisotopic (exact) mass is 345 g/mol. The highest BCUT2D eigenvalue weighted by molar-refractivity contribution is 5.97. The zero-order valence-corrected chi connectivity index (χ0v) is 10.7. The van der Waals surface area contributed by atoms with Gasteiger partial charge in [-0.3, -0.25) is 9.78 Å². The van der Waals surface area contributed by atoms with Crippen LogP contribution in [-0.2, 0) is 4.79 Å². The number of nitrogens with two attached hydrogens (primary N) is 1. The Bertz CT molecular complexity index is 645. The molecule has 126 valence electrons. The highest BCUT2D eigenvalue weighted by Gasteiger charge is 3.02. The van der Waals surface area contributed by atoms with Crippen LogP contribution in [0.1, 0.15) is 5.69 Å². The van der Waals surface area contributed by atoms with Crippen LogP contribution in [0.25, 0.3) is 0 Å². The fraction of sp³-hybridized carbons (Fsp3) is 0.400. The molecule has 3 N–H and O–H groups in total. The van der Waals surface area contributed by atoms with Crippen LogP contribution in [-0.4, -0.2) is 45.1 Å². The fourth-order valence-corrected chi connectivity index (χ4v) is 1.73. The summed E-state index contributed by atoms with van der Waals surface area (Å²) in [5.41, 5.74) is 0.495. The Hall–Kier alpha value is -2.47. The molecule has 23 heavy (non-hydrogen) atoms. The summed E-state index contributed by atoms with van der Waals surface area (Å²) in [5, 5.41) is 2.86. The van der Waals surface area contributed by atoms with E-state index in [1.807, 2.05) is 0 Å². The number of halogens is 7. The number of nitrogens with one attached hydrogen (secondary N) is 1. The molecule has 0 spiro atoms. The highest BCUT2D eigenvalue weighted by atomic mass is 19.4. The van der Waals surface area contributed by atoms with E-state index >= 15 is 0 Å². The van der Waals surface area contributed by atoms with Crippen LogP contribution in [0.5, 0.6) is 0 Å². The Morgan fingerprint density at radius 1 is 1.04 bits per heavy atom. The Morgan fingerprint density at radius 3 is 2.09 bits per heavy atom. The molecule has 0 bridgehead atoms. The maximum atomic E-state index is 13.7. The van der Waals surface area contributed by atoms with Gasteiger partial charge in [-0.15, -0.1) is 0 Å². The minimum absolute atomic E-state index is 0.210. The van der Waals surface area contributed by atoms with Gasteiger partial charge in [0.1, 0.15) is 5.69 Å². The summed E-state index contributed by atoms with van der Waals surface area (Å²) >= 11 is 0. The summed E-state index contributed by atoms with van der Waals surface area (Å²) in [5.74, 6) is -21.3. The van der Waals surface area contributed by atoms with E-state index in [-0.39, 0.29) is 5.69 Å². The quantitative estimate of drug-likeness (QED) is 0.367. The van der Waals surface area contributed by atoms with E-state index in [0.29, 0.717) is 0 Å². The molecule has 1 amide bonds. The van der Waals surface area contributed by atoms with Gasteiger partial charge in [-0.05, 0) is 0 Å². The van der Waals surface area contributed by atoms with Gasteiger partial charge >= 0.3 is 23.4 Å². The minimum Gasteiger partial charge on any atom is -0.380 e. The van der Waals surface area contributed by atoms with Crippen molar-refractivity contribution in [1.82, 2.24) is 15.4 Å². The fourth-order valence-electron chi connectivity index (χ4n) is 1.73. The molecule has 0 unspecified atom stereocenters. The molecule has 0 aliphatic heterocycles. The molecular weight excluding hydrogens is 339 g/mol. The average molecular weight is 345 g/mol. The minimum atomic E-state index is -6.02. The molecule has 0 saturated heterocycles. The number of hydrazone groups is 1. The van der Waals surface area contributed by atoms with Crippen molar-refractivity contribution >= 4 is 11.7 Å². The van der Waals surface area contributed by atoms with Gasteiger partial charge in [0, 0.05) is 12.4 Å². The van der Waals surface area contributed by atoms with Crippen LogP contribution in [0.3, 0.4) is 0 Å². The van der Waals surface area contributed by atoms with Crippen LogP contribution in [0.4, 0.5) is 30.7 Å². The van der Waals surface area contributed by atoms with Crippen molar-refractivity contribution < 1.29 is 35.5 Å². The van der Waals surface area contributed by atoms with Gasteiger partial charge in [-0.25, -0.2) is 14.8 Å². The summed E-state index contributed by atoms with van der Waals surface area (Å²) in [6.07, 6.45) is 3.32. The maximum Gasteiger partial charge on any atom is 0.380 e. The van der Waals surface area contributed by atoms with Crippen molar-refractivity contribution in [2.24, 2.45) is 10.8 Å². The van der Waals surface area contributed by atoms with Crippen LogP contribution >= 0.6 is 0 Å². The number of aromatic nitrogens is 2. The number of nitrogens with zero attached hydrogens (tertiary/aromatic N) is 3. The number of rotatable bonds is 3. The summed E-state index contributed by atoms with van der Waals surface area (Å²) in [7, 11) is 0. The van der Waals surface area contributed by atoms with Crippen molar-refractivity contribution in [3.05, 3.63) is 24.3 Å². The van der Waals surface area contributed by atoms with Crippen molar-refractivity contribution in [2.75, 3.05) is 0 Å². The Kier molecular flexibility index (Phi) is 3.50. The summed E-state index contributed by atoms with van der Waals surface area (Å²) in [6, 6.07) is 0. The van der Waals surface area contributed by atoms with Gasteiger partial charge in [0.15, 0.2) is 5.84 Å². The molecule has 1 aromatic rings. The van der Waals surface area contributed by atoms with E-state index in [1.54, 1.807) is 0 Å². The molecule has 13 heteroatoms. The summed E-state index contributed by atoms with van der Waals surface area (Å²) < 4.78 is 90.9. The highest BCUT2D eigenvalue weighted by Crippen LogP contribution is 2.68. The van der Waals surface area contributed by atoms with E-state index in [0.717, 1.165) is 17.8 Å². The maximum absolute atomic E-state index is 13.7. The lowest BCUT2D eigenvalue weighted by Gasteiger charge is -2.52. The lowest BCUT2D eigenvalue weighted by atomic mass is 9.69. The van der Waals surface area contributed by atoms with Gasteiger partial charge in [0.2, 0.25) is 0 Å². The number of amidine groups is 1. The molecule has 0 radical (unpaired) electrons. The third-order valence-electron chi connectivity index (χ3n) is 3.07. The second-order valence-electron chi connectivity index (χ2n) is 4.41. The van der Waals surface area contributed by atoms with E-state index in [9.17, 15) is 35.5 Å².